The number of hydrogen-bond acceptors (Lipinski definition) is 14. The Morgan fingerprint density at radius 1 is 0.333 bits per heavy atom. The Morgan fingerprint density at radius 3 is 0.977 bits per heavy atom. The second-order valence-corrected chi connectivity index (χ2v) is 24.4. The normalized spacial score (nSPS) is 15.1. The first-order valence-electron chi connectivity index (χ1n) is 32.8. The predicted octanol–water partition coefficient (Wildman–Crippen LogP) is 17.9. The Morgan fingerprint density at radius 2 is 0.609 bits per heavy atom. The Hall–Kier alpha value is -4.05. The first-order chi connectivity index (χ1) is 42.2. The van der Waals surface area contributed by atoms with Gasteiger partial charge in [0.05, 0.1) is 26.4 Å². The second kappa shape index (κ2) is 62.2. The van der Waals surface area contributed by atoms with Crippen LogP contribution < -0.4 is 0 Å². The minimum absolute atomic E-state index is 0.0856. The smallest absolute Gasteiger partial charge is 0.463 e. The van der Waals surface area contributed by atoms with Crippen LogP contribution in [0.25, 0.3) is 0 Å². The zero-order valence-corrected chi connectivity index (χ0v) is 55.4. The first-order valence-corrected chi connectivity index (χ1v) is 35.8. The molecule has 0 saturated heterocycles. The van der Waals surface area contributed by atoms with E-state index in [0.717, 1.165) is 154 Å². The van der Waals surface area contributed by atoms with E-state index in [1.54, 1.807) is 0 Å². The lowest BCUT2D eigenvalue weighted by Crippen LogP contribution is -2.30. The van der Waals surface area contributed by atoms with Gasteiger partial charge in [0.1, 0.15) is 25.4 Å². The molecule has 5 unspecified atom stereocenters. The minimum atomic E-state index is -4.93. The fraction of sp³-hybridized carbons (Fsp3) is 0.667. The Kier molecular flexibility index (Phi) is 59.3. The van der Waals surface area contributed by atoms with E-state index in [1.165, 1.54) is 25.7 Å². The molecule has 0 aliphatic carbocycles. The molecule has 16 nitrogen and oxygen atoms in total. The highest BCUT2D eigenvalue weighted by atomic mass is 31.2. The molecule has 4 N–H and O–H groups in total. The lowest BCUT2D eigenvalue weighted by atomic mass is 10.1. The number of unbranched alkanes of at least 4 members (excludes halogenated alkanes) is 18. The lowest BCUT2D eigenvalue weighted by Gasteiger charge is -2.21. The van der Waals surface area contributed by atoms with Crippen molar-refractivity contribution in [2.24, 2.45) is 0 Å². The van der Waals surface area contributed by atoms with Crippen molar-refractivity contribution < 1.29 is 75.8 Å². The molecule has 0 aliphatic rings. The number of allylic oxidation sites excluding steroid dienone is 20. The molecule has 0 bridgehead atoms. The van der Waals surface area contributed by atoms with E-state index in [9.17, 15) is 43.5 Å². The number of carbonyl (C=O) groups is 3. The van der Waals surface area contributed by atoms with Crippen LogP contribution in [0, 0.1) is 0 Å². The Bertz CT molecular complexity index is 2070. The van der Waals surface area contributed by atoms with Crippen molar-refractivity contribution in [2.45, 2.75) is 257 Å². The van der Waals surface area contributed by atoms with Gasteiger partial charge in [0.25, 0.3) is 0 Å². The maximum Gasteiger partial charge on any atom is 0.472 e. The van der Waals surface area contributed by atoms with Gasteiger partial charge in [0.2, 0.25) is 0 Å². The summed E-state index contributed by atoms with van der Waals surface area (Å²) in [5.41, 5.74) is 0. The topological polar surface area (TPSA) is 231 Å². The zero-order valence-electron chi connectivity index (χ0n) is 53.6. The number of aliphatic hydroxyl groups is 2. The van der Waals surface area contributed by atoms with Crippen molar-refractivity contribution in [2.75, 3.05) is 39.6 Å². The second-order valence-electron chi connectivity index (χ2n) is 21.5. The van der Waals surface area contributed by atoms with Gasteiger partial charge >= 0.3 is 33.6 Å². The van der Waals surface area contributed by atoms with Gasteiger partial charge in [-0.25, -0.2) is 9.13 Å². The average Bonchev–Trinajstić information content (AvgIpc) is 3.69. The minimum Gasteiger partial charge on any atom is -0.463 e. The van der Waals surface area contributed by atoms with Crippen LogP contribution in [0.4, 0.5) is 0 Å². The van der Waals surface area contributed by atoms with Crippen molar-refractivity contribution in [1.82, 2.24) is 0 Å². The molecule has 0 radical (unpaired) electrons. The zero-order chi connectivity index (χ0) is 63.8. The molecule has 0 rings (SSSR count). The van der Waals surface area contributed by atoms with Crippen LogP contribution in [0.3, 0.4) is 0 Å². The van der Waals surface area contributed by atoms with E-state index in [4.69, 9.17) is 32.3 Å². The monoisotopic (exact) mass is 1260 g/mol. The molecule has 0 heterocycles. The molecule has 87 heavy (non-hydrogen) atoms. The van der Waals surface area contributed by atoms with Gasteiger partial charge in [0, 0.05) is 19.3 Å². The maximum atomic E-state index is 12.9. The third-order valence-electron chi connectivity index (χ3n) is 13.2. The molecule has 0 aromatic heterocycles. The Balaban J connectivity index is 4.68. The lowest BCUT2D eigenvalue weighted by molar-refractivity contribution is -0.161. The van der Waals surface area contributed by atoms with Crippen molar-refractivity contribution in [1.29, 1.82) is 0 Å². The van der Waals surface area contributed by atoms with Crippen molar-refractivity contribution in [3.05, 3.63) is 122 Å². The molecule has 0 amide bonds. The van der Waals surface area contributed by atoms with Gasteiger partial charge in [-0.1, -0.05) is 213 Å². The quantitative estimate of drug-likeness (QED) is 0.0146. The third-order valence-corrected chi connectivity index (χ3v) is 15.1. The molecule has 0 saturated carbocycles. The van der Waals surface area contributed by atoms with E-state index in [2.05, 4.69) is 142 Å². The molecule has 0 aromatic carbocycles. The van der Waals surface area contributed by atoms with Crippen LogP contribution in [0.15, 0.2) is 122 Å². The van der Waals surface area contributed by atoms with Crippen LogP contribution in [0.2, 0.25) is 0 Å². The van der Waals surface area contributed by atoms with Gasteiger partial charge in [-0.3, -0.25) is 32.5 Å². The van der Waals surface area contributed by atoms with E-state index < -0.39 is 91.5 Å². The first kappa shape index (κ1) is 83.0. The molecule has 0 fully saturated rings. The molecule has 18 heteroatoms. The van der Waals surface area contributed by atoms with Crippen LogP contribution >= 0.6 is 15.6 Å². The van der Waals surface area contributed by atoms with Gasteiger partial charge in [-0.05, 0) is 128 Å². The van der Waals surface area contributed by atoms with Crippen LogP contribution in [-0.4, -0.2) is 95.9 Å². The van der Waals surface area contributed by atoms with Gasteiger partial charge in [0.15, 0.2) is 6.10 Å². The molecule has 498 valence electrons. The number of rotatable bonds is 61. The highest BCUT2D eigenvalue weighted by Crippen LogP contribution is 2.45. The van der Waals surface area contributed by atoms with Crippen LogP contribution in [0.5, 0.6) is 0 Å². The summed E-state index contributed by atoms with van der Waals surface area (Å²) >= 11 is 0. The summed E-state index contributed by atoms with van der Waals surface area (Å²) in [6.07, 6.45) is 69.7. The Labute approximate surface area is 525 Å². The highest BCUT2D eigenvalue weighted by molar-refractivity contribution is 7.47. The fourth-order valence-corrected chi connectivity index (χ4v) is 9.75. The van der Waals surface area contributed by atoms with E-state index >= 15 is 0 Å². The van der Waals surface area contributed by atoms with Crippen LogP contribution in [-0.2, 0) is 55.8 Å². The SMILES string of the molecule is CC/C=C\C/C=C\C/C=C\C/C=C\C/C=C\CCCCCCCC(=O)OCC(O)COP(=O)(O)OCC(O)COP(=O)(O)OCC(COC(=O)CCCCCC/C=C\C/C=C\C/C=C\C/C=C\CC)OC(=O)CCCCCCC/C=C\CCCCCC. The molecule has 0 spiro atoms. The van der Waals surface area contributed by atoms with Gasteiger partial charge in [-0.2, -0.15) is 0 Å². The van der Waals surface area contributed by atoms with Gasteiger partial charge < -0.3 is 34.2 Å². The standard InChI is InChI=1S/C69H116O16P2/c1-4-7-10-13-16-19-22-25-27-29-30-31-32-34-36-38-40-43-46-49-52-55-67(72)79-58-64(70)59-81-86(75,76)82-60-65(71)61-83-87(77,78)84-63-66(85-69(74)57-54-51-48-45-42-37-24-21-18-15-12-9-6-3)62-80-68(73)56-53-50-47-44-41-39-35-33-28-26-23-20-17-14-11-8-5-2/h7-8,10-11,16-17,19-21,24-28,30-31,34-36,39,64-66,70-71H,4-6,9,12-15,18,22-23,29,32-33,37-38,40-63H2,1-3H3,(H,75,76)(H,77,78)/b10-7-,11-8-,19-16-,20-17-,24-21-,27-25-,28-26-,31-30-,36-34-,39-35-. The maximum absolute atomic E-state index is 12.9. The summed E-state index contributed by atoms with van der Waals surface area (Å²) in [7, 11) is -9.79. The summed E-state index contributed by atoms with van der Waals surface area (Å²) < 4.78 is 60.7. The number of phosphoric ester groups is 2. The van der Waals surface area contributed by atoms with E-state index in [0.29, 0.717) is 19.3 Å². The summed E-state index contributed by atoms with van der Waals surface area (Å²) in [5.74, 6) is -1.64. The largest absolute Gasteiger partial charge is 0.472 e. The third kappa shape index (κ3) is 63.3. The van der Waals surface area contributed by atoms with Crippen molar-refractivity contribution >= 4 is 33.6 Å². The van der Waals surface area contributed by atoms with E-state index in [-0.39, 0.29) is 19.3 Å². The molecular weight excluding hydrogens is 1150 g/mol. The number of hydrogen-bond donors (Lipinski definition) is 4. The molecule has 0 aliphatic heterocycles. The molecule has 5 atom stereocenters. The fourth-order valence-electron chi connectivity index (χ4n) is 8.17. The number of carbonyl (C=O) groups excluding carboxylic acids is 3. The summed E-state index contributed by atoms with van der Waals surface area (Å²) in [6.45, 7) is 2.34. The molecule has 0 aromatic rings. The van der Waals surface area contributed by atoms with Crippen LogP contribution in [0.1, 0.15) is 239 Å². The number of esters is 3. The predicted molar refractivity (Wildman–Crippen MR) is 353 cm³/mol. The number of ether oxygens (including phenoxy) is 3. The summed E-state index contributed by atoms with van der Waals surface area (Å²) in [4.78, 5) is 58.3. The van der Waals surface area contributed by atoms with Gasteiger partial charge in [-0.15, -0.1) is 0 Å². The van der Waals surface area contributed by atoms with Crippen molar-refractivity contribution in [3.8, 4) is 0 Å². The highest BCUT2D eigenvalue weighted by Gasteiger charge is 2.29. The summed E-state index contributed by atoms with van der Waals surface area (Å²) in [6, 6.07) is 0. The number of phosphoric acid groups is 2. The van der Waals surface area contributed by atoms with Crippen molar-refractivity contribution in [3.63, 3.8) is 0 Å². The number of aliphatic hydroxyl groups excluding tert-OH is 2. The average molecular weight is 1260 g/mol. The van der Waals surface area contributed by atoms with E-state index in [1.807, 2.05) is 0 Å². The summed E-state index contributed by atoms with van der Waals surface area (Å²) in [5, 5.41) is 20.5. The molecular formula is C69H116O16P2.